The highest BCUT2D eigenvalue weighted by Gasteiger charge is 2.48. The third-order valence-electron chi connectivity index (χ3n) is 5.86. The summed E-state index contributed by atoms with van der Waals surface area (Å²) in [4.78, 5) is 28.3. The van der Waals surface area contributed by atoms with E-state index in [-0.39, 0.29) is 33.8 Å². The molecule has 6 nitrogen and oxygen atoms in total. The summed E-state index contributed by atoms with van der Waals surface area (Å²) >= 11 is 6.08. The number of rotatable bonds is 2. The first-order chi connectivity index (χ1) is 14.2. The highest BCUT2D eigenvalue weighted by Crippen LogP contribution is 2.41. The maximum Gasteiger partial charge on any atom is 0.291 e. The van der Waals surface area contributed by atoms with Crippen molar-refractivity contribution < 1.29 is 17.6 Å². The Bertz CT molecular complexity index is 1360. The Morgan fingerprint density at radius 2 is 1.83 bits per heavy atom. The number of amides is 1. The summed E-state index contributed by atoms with van der Waals surface area (Å²) < 4.78 is 30.1. The smallest absolute Gasteiger partial charge is 0.291 e. The molecule has 2 aromatic carbocycles. The average molecular weight is 444 g/mol. The van der Waals surface area contributed by atoms with E-state index in [0.717, 1.165) is 11.1 Å². The van der Waals surface area contributed by atoms with E-state index < -0.39 is 27.8 Å². The van der Waals surface area contributed by atoms with Crippen LogP contribution >= 0.6 is 11.6 Å². The van der Waals surface area contributed by atoms with Crippen LogP contribution in [0.3, 0.4) is 0 Å². The minimum absolute atomic E-state index is 0.0234. The minimum Gasteiger partial charge on any atom is -0.450 e. The van der Waals surface area contributed by atoms with E-state index in [0.29, 0.717) is 16.8 Å². The minimum atomic E-state index is -3.23. The molecule has 3 heterocycles. The first-order valence-corrected chi connectivity index (χ1v) is 11.8. The fraction of sp³-hybridized carbons (Fsp3) is 0.273. The zero-order valence-corrected chi connectivity index (χ0v) is 17.7. The molecule has 0 spiro atoms. The number of carbonyl (C=O) groups is 1. The fourth-order valence-electron chi connectivity index (χ4n) is 4.41. The summed E-state index contributed by atoms with van der Waals surface area (Å²) in [5.74, 6) is -0.567. The molecule has 2 aliphatic rings. The quantitative estimate of drug-likeness (QED) is 0.605. The van der Waals surface area contributed by atoms with E-state index in [1.807, 2.05) is 31.2 Å². The van der Waals surface area contributed by atoms with Crippen molar-refractivity contribution in [2.45, 2.75) is 25.4 Å². The Kier molecular flexibility index (Phi) is 4.31. The number of carbonyl (C=O) groups excluding carboxylic acids is 1. The second-order valence-corrected chi connectivity index (χ2v) is 10.6. The molecule has 5 rings (SSSR count). The van der Waals surface area contributed by atoms with Crippen LogP contribution in [0.2, 0.25) is 5.02 Å². The van der Waals surface area contributed by atoms with E-state index in [9.17, 15) is 18.0 Å². The SMILES string of the molecule is Cc1ccc([C@H]2c3c(oc4ccc(Cl)cc4c3=O)C(=O)N2[C@@H]2CCS(=O)(=O)C2)cc1. The second kappa shape index (κ2) is 6.68. The Balaban J connectivity index is 1.77. The van der Waals surface area contributed by atoms with Crippen LogP contribution in [0.15, 0.2) is 51.7 Å². The lowest BCUT2D eigenvalue weighted by molar-refractivity contribution is 0.0662. The van der Waals surface area contributed by atoms with Gasteiger partial charge in [-0.2, -0.15) is 0 Å². The van der Waals surface area contributed by atoms with Crippen molar-refractivity contribution in [2.24, 2.45) is 0 Å². The van der Waals surface area contributed by atoms with Gasteiger partial charge in [0.05, 0.1) is 28.5 Å². The highest BCUT2D eigenvalue weighted by atomic mass is 35.5. The molecule has 1 aromatic heterocycles. The van der Waals surface area contributed by atoms with Crippen molar-refractivity contribution in [3.05, 3.63) is 80.2 Å². The molecule has 3 aromatic rings. The highest BCUT2D eigenvalue weighted by molar-refractivity contribution is 7.91. The Labute approximate surface area is 178 Å². The van der Waals surface area contributed by atoms with E-state index in [1.165, 1.54) is 11.0 Å². The number of sulfone groups is 1. The molecule has 0 bridgehead atoms. The van der Waals surface area contributed by atoms with Crippen LogP contribution in [-0.2, 0) is 9.84 Å². The normalized spacial score (nSPS) is 22.6. The summed E-state index contributed by atoms with van der Waals surface area (Å²) in [7, 11) is -3.23. The van der Waals surface area contributed by atoms with E-state index in [2.05, 4.69) is 0 Å². The number of hydrogen-bond acceptors (Lipinski definition) is 5. The van der Waals surface area contributed by atoms with Crippen LogP contribution in [0.25, 0.3) is 11.0 Å². The zero-order chi connectivity index (χ0) is 21.2. The van der Waals surface area contributed by atoms with Gasteiger partial charge in [0.25, 0.3) is 5.91 Å². The summed E-state index contributed by atoms with van der Waals surface area (Å²) in [6.45, 7) is 1.95. The molecular weight excluding hydrogens is 426 g/mol. The number of nitrogens with zero attached hydrogens (tertiary/aromatic N) is 1. The molecule has 30 heavy (non-hydrogen) atoms. The standard InChI is InChI=1S/C22H18ClNO5S/c1-12-2-4-13(5-3-12)19-18-20(25)16-10-14(23)6-7-17(16)29-21(18)22(26)24(19)15-8-9-30(27,28)11-15/h2-7,10,15,19H,8-9,11H2,1H3/t15-,19+/m1/s1. The summed E-state index contributed by atoms with van der Waals surface area (Å²) in [5.41, 5.74) is 1.97. The van der Waals surface area contributed by atoms with Gasteiger partial charge in [-0.25, -0.2) is 8.42 Å². The van der Waals surface area contributed by atoms with Crippen LogP contribution in [0.5, 0.6) is 0 Å². The lowest BCUT2D eigenvalue weighted by Crippen LogP contribution is -2.40. The molecule has 0 unspecified atom stereocenters. The molecule has 0 saturated carbocycles. The number of hydrogen-bond donors (Lipinski definition) is 0. The largest absolute Gasteiger partial charge is 0.450 e. The predicted octanol–water partition coefficient (Wildman–Crippen LogP) is 3.49. The van der Waals surface area contributed by atoms with Crippen LogP contribution < -0.4 is 5.43 Å². The Morgan fingerprint density at radius 3 is 2.50 bits per heavy atom. The van der Waals surface area contributed by atoms with Gasteiger partial charge in [-0.05, 0) is 37.1 Å². The third-order valence-corrected chi connectivity index (χ3v) is 7.85. The van der Waals surface area contributed by atoms with Gasteiger partial charge in [0.1, 0.15) is 5.58 Å². The molecule has 1 fully saturated rings. The number of benzene rings is 2. The summed E-state index contributed by atoms with van der Waals surface area (Å²) in [6.07, 6.45) is 0.337. The van der Waals surface area contributed by atoms with Crippen molar-refractivity contribution >= 4 is 38.3 Å². The van der Waals surface area contributed by atoms with Gasteiger partial charge >= 0.3 is 0 Å². The van der Waals surface area contributed by atoms with Gasteiger partial charge in [-0.1, -0.05) is 41.4 Å². The molecule has 0 radical (unpaired) electrons. The summed E-state index contributed by atoms with van der Waals surface area (Å²) in [6, 6.07) is 11.0. The lowest BCUT2D eigenvalue weighted by Gasteiger charge is -2.30. The summed E-state index contributed by atoms with van der Waals surface area (Å²) in [5, 5.41) is 0.691. The maximum atomic E-state index is 13.4. The van der Waals surface area contributed by atoms with Crippen LogP contribution in [0.4, 0.5) is 0 Å². The Morgan fingerprint density at radius 1 is 1.10 bits per heavy atom. The van der Waals surface area contributed by atoms with Gasteiger partial charge < -0.3 is 9.32 Å². The maximum absolute atomic E-state index is 13.4. The molecule has 0 N–H and O–H groups in total. The average Bonchev–Trinajstić information content (AvgIpc) is 3.20. The first kappa shape index (κ1) is 19.3. The third kappa shape index (κ3) is 2.96. The van der Waals surface area contributed by atoms with Gasteiger partial charge in [0, 0.05) is 11.1 Å². The molecule has 1 saturated heterocycles. The number of fused-ring (bicyclic) bond motifs is 2. The van der Waals surface area contributed by atoms with Gasteiger partial charge in [-0.15, -0.1) is 0 Å². The van der Waals surface area contributed by atoms with Crippen molar-refractivity contribution in [3.63, 3.8) is 0 Å². The van der Waals surface area contributed by atoms with E-state index in [4.69, 9.17) is 16.0 Å². The van der Waals surface area contributed by atoms with Gasteiger partial charge in [0.2, 0.25) is 5.76 Å². The second-order valence-electron chi connectivity index (χ2n) is 7.90. The van der Waals surface area contributed by atoms with Crippen LogP contribution in [0.1, 0.15) is 39.7 Å². The van der Waals surface area contributed by atoms with Crippen LogP contribution in [0, 0.1) is 6.92 Å². The lowest BCUT2D eigenvalue weighted by atomic mass is 9.97. The monoisotopic (exact) mass is 443 g/mol. The molecule has 154 valence electrons. The van der Waals surface area contributed by atoms with Crippen molar-refractivity contribution in [1.82, 2.24) is 4.90 Å². The van der Waals surface area contributed by atoms with Gasteiger partial charge in [0.15, 0.2) is 15.3 Å². The molecule has 0 aliphatic carbocycles. The fourth-order valence-corrected chi connectivity index (χ4v) is 6.29. The van der Waals surface area contributed by atoms with Crippen molar-refractivity contribution in [2.75, 3.05) is 11.5 Å². The first-order valence-electron chi connectivity index (χ1n) is 9.61. The molecule has 2 aliphatic heterocycles. The topological polar surface area (TPSA) is 84.7 Å². The number of halogens is 1. The molecule has 1 amide bonds. The number of aryl methyl sites for hydroxylation is 1. The molecular formula is C22H18ClNO5S. The molecule has 2 atom stereocenters. The van der Waals surface area contributed by atoms with Crippen LogP contribution in [-0.4, -0.2) is 36.8 Å². The zero-order valence-electron chi connectivity index (χ0n) is 16.1. The Hall–Kier alpha value is -2.64. The van der Waals surface area contributed by atoms with Crippen molar-refractivity contribution in [1.29, 1.82) is 0 Å². The van der Waals surface area contributed by atoms with Crippen molar-refractivity contribution in [3.8, 4) is 0 Å². The van der Waals surface area contributed by atoms with E-state index >= 15 is 0 Å². The van der Waals surface area contributed by atoms with Gasteiger partial charge in [-0.3, -0.25) is 9.59 Å². The predicted molar refractivity (Wildman–Crippen MR) is 114 cm³/mol. The molecule has 8 heteroatoms. The van der Waals surface area contributed by atoms with E-state index in [1.54, 1.807) is 12.1 Å².